The lowest BCUT2D eigenvalue weighted by Crippen LogP contribution is -2.05. The van der Waals surface area contributed by atoms with Crippen LogP contribution in [0, 0.1) is 13.8 Å². The second-order valence-electron chi connectivity index (χ2n) is 4.72. The van der Waals surface area contributed by atoms with E-state index in [0.717, 1.165) is 17.7 Å². The quantitative estimate of drug-likeness (QED) is 0.889. The normalized spacial score (nSPS) is 10.3. The van der Waals surface area contributed by atoms with E-state index in [-0.39, 0.29) is 5.56 Å². The van der Waals surface area contributed by atoms with Crippen molar-refractivity contribution in [3.05, 3.63) is 52.7 Å². The van der Waals surface area contributed by atoms with E-state index in [9.17, 15) is 4.79 Å². The molecule has 1 aromatic carbocycles. The highest BCUT2D eigenvalue weighted by molar-refractivity contribution is 5.89. The molecule has 0 saturated heterocycles. The molecular formula is C16H18N2O2. The number of nitrogens with zero attached hydrogens (tertiary/aromatic N) is 1. The van der Waals surface area contributed by atoms with Crippen molar-refractivity contribution in [2.24, 2.45) is 0 Å². The van der Waals surface area contributed by atoms with Crippen LogP contribution in [-0.2, 0) is 6.42 Å². The summed E-state index contributed by atoms with van der Waals surface area (Å²) in [5.74, 6) is -0.289. The highest BCUT2D eigenvalue weighted by atomic mass is 16.4. The number of carbonyl (C=O) groups is 1. The smallest absolute Gasteiger partial charge is 0.337 e. The Morgan fingerprint density at radius 1 is 1.25 bits per heavy atom. The van der Waals surface area contributed by atoms with Gasteiger partial charge in [-0.1, -0.05) is 25.1 Å². The summed E-state index contributed by atoms with van der Waals surface area (Å²) in [6, 6.07) is 9.43. The Kier molecular flexibility index (Phi) is 4.03. The van der Waals surface area contributed by atoms with Gasteiger partial charge in [0.05, 0.1) is 11.3 Å². The van der Waals surface area contributed by atoms with Gasteiger partial charge in [0.25, 0.3) is 0 Å². The lowest BCUT2D eigenvalue weighted by molar-refractivity contribution is 0.0695. The predicted octanol–water partition coefficient (Wildman–Crippen LogP) is 3.70. The Hall–Kier alpha value is -2.36. The molecule has 0 spiro atoms. The lowest BCUT2D eigenvalue weighted by Gasteiger charge is -2.14. The molecular weight excluding hydrogens is 252 g/mol. The van der Waals surface area contributed by atoms with Crippen molar-refractivity contribution in [2.45, 2.75) is 27.2 Å². The molecule has 1 aromatic heterocycles. The van der Waals surface area contributed by atoms with E-state index >= 15 is 0 Å². The Morgan fingerprint density at radius 2 is 2.00 bits per heavy atom. The third kappa shape index (κ3) is 2.79. The van der Waals surface area contributed by atoms with Crippen LogP contribution in [-0.4, -0.2) is 16.1 Å². The molecule has 1 heterocycles. The molecule has 4 heteroatoms. The molecule has 20 heavy (non-hydrogen) atoms. The molecule has 0 unspecified atom stereocenters. The minimum atomic E-state index is -0.952. The number of carboxylic acids is 1. The fourth-order valence-electron chi connectivity index (χ4n) is 2.19. The number of aromatic carboxylic acids is 1. The Labute approximate surface area is 118 Å². The monoisotopic (exact) mass is 270 g/mol. The summed E-state index contributed by atoms with van der Waals surface area (Å²) < 4.78 is 0. The van der Waals surface area contributed by atoms with Crippen molar-refractivity contribution in [3.8, 4) is 0 Å². The maximum absolute atomic E-state index is 11.0. The summed E-state index contributed by atoms with van der Waals surface area (Å²) in [6.07, 6.45) is 0.927. The second kappa shape index (κ2) is 5.74. The minimum absolute atomic E-state index is 0.232. The Bertz CT molecular complexity index is 651. The van der Waals surface area contributed by atoms with Crippen molar-refractivity contribution in [3.63, 3.8) is 0 Å². The van der Waals surface area contributed by atoms with Gasteiger partial charge in [0.1, 0.15) is 5.82 Å². The molecule has 0 saturated carbocycles. The standard InChI is InChI=1S/C16H18N2O2/c1-4-12-7-5-6-10(2)15(12)18-14-9-8-13(16(19)20)11(3)17-14/h5-9H,4H2,1-3H3,(H,17,18)(H,19,20). The molecule has 4 nitrogen and oxygen atoms in total. The van der Waals surface area contributed by atoms with Crippen LogP contribution in [0.3, 0.4) is 0 Å². The van der Waals surface area contributed by atoms with E-state index in [1.54, 1.807) is 19.1 Å². The van der Waals surface area contributed by atoms with Crippen molar-refractivity contribution in [2.75, 3.05) is 5.32 Å². The highest BCUT2D eigenvalue weighted by Crippen LogP contribution is 2.25. The third-order valence-corrected chi connectivity index (χ3v) is 3.31. The molecule has 0 atom stereocenters. The number of aromatic nitrogens is 1. The largest absolute Gasteiger partial charge is 0.478 e. The molecule has 0 aliphatic carbocycles. The van der Waals surface area contributed by atoms with E-state index in [1.807, 2.05) is 19.1 Å². The van der Waals surface area contributed by atoms with Gasteiger partial charge < -0.3 is 10.4 Å². The van der Waals surface area contributed by atoms with E-state index in [2.05, 4.69) is 23.3 Å². The van der Waals surface area contributed by atoms with Gasteiger partial charge in [-0.2, -0.15) is 0 Å². The third-order valence-electron chi connectivity index (χ3n) is 3.31. The highest BCUT2D eigenvalue weighted by Gasteiger charge is 2.10. The van der Waals surface area contributed by atoms with Gasteiger partial charge in [-0.05, 0) is 43.5 Å². The van der Waals surface area contributed by atoms with Crippen LogP contribution in [0.4, 0.5) is 11.5 Å². The van der Waals surface area contributed by atoms with Gasteiger partial charge in [0, 0.05) is 5.69 Å². The number of nitrogens with one attached hydrogen (secondary N) is 1. The predicted molar refractivity (Wildman–Crippen MR) is 79.8 cm³/mol. The molecule has 0 amide bonds. The van der Waals surface area contributed by atoms with E-state index in [0.29, 0.717) is 11.5 Å². The first kappa shape index (κ1) is 14.1. The second-order valence-corrected chi connectivity index (χ2v) is 4.72. The van der Waals surface area contributed by atoms with Gasteiger partial charge in [-0.15, -0.1) is 0 Å². The number of para-hydroxylation sites is 1. The SMILES string of the molecule is CCc1cccc(C)c1Nc1ccc(C(=O)O)c(C)n1. The van der Waals surface area contributed by atoms with Gasteiger partial charge >= 0.3 is 5.97 Å². The summed E-state index contributed by atoms with van der Waals surface area (Å²) in [5.41, 5.74) is 4.15. The number of hydrogen-bond acceptors (Lipinski definition) is 3. The average Bonchev–Trinajstić information content (AvgIpc) is 2.40. The van der Waals surface area contributed by atoms with Crippen LogP contribution in [0.25, 0.3) is 0 Å². The zero-order chi connectivity index (χ0) is 14.7. The van der Waals surface area contributed by atoms with E-state index in [1.165, 1.54) is 5.56 Å². The van der Waals surface area contributed by atoms with Crippen LogP contribution in [0.2, 0.25) is 0 Å². The summed E-state index contributed by atoms with van der Waals surface area (Å²) in [6.45, 7) is 5.85. The molecule has 2 aromatic rings. The lowest BCUT2D eigenvalue weighted by atomic mass is 10.1. The van der Waals surface area contributed by atoms with E-state index < -0.39 is 5.97 Å². The Morgan fingerprint density at radius 3 is 2.60 bits per heavy atom. The van der Waals surface area contributed by atoms with Crippen LogP contribution in [0.1, 0.15) is 34.1 Å². The number of carboxylic acid groups (broad SMARTS) is 1. The molecule has 0 aliphatic heterocycles. The number of rotatable bonds is 4. The topological polar surface area (TPSA) is 62.2 Å². The average molecular weight is 270 g/mol. The fourth-order valence-corrected chi connectivity index (χ4v) is 2.19. The van der Waals surface area contributed by atoms with Crippen LogP contribution in [0.5, 0.6) is 0 Å². The maximum atomic E-state index is 11.0. The minimum Gasteiger partial charge on any atom is -0.478 e. The van der Waals surface area contributed by atoms with Crippen molar-refractivity contribution >= 4 is 17.5 Å². The number of aryl methyl sites for hydroxylation is 3. The van der Waals surface area contributed by atoms with Gasteiger partial charge in [-0.3, -0.25) is 0 Å². The molecule has 0 aliphatic rings. The molecule has 0 radical (unpaired) electrons. The zero-order valence-electron chi connectivity index (χ0n) is 11.9. The zero-order valence-corrected chi connectivity index (χ0v) is 11.9. The maximum Gasteiger partial charge on any atom is 0.337 e. The Balaban J connectivity index is 2.36. The fraction of sp³-hybridized carbons (Fsp3) is 0.250. The molecule has 2 rings (SSSR count). The summed E-state index contributed by atoms with van der Waals surface area (Å²) in [5, 5.41) is 12.3. The molecule has 104 valence electrons. The van der Waals surface area contributed by atoms with Crippen LogP contribution in [0.15, 0.2) is 30.3 Å². The van der Waals surface area contributed by atoms with Crippen LogP contribution < -0.4 is 5.32 Å². The first-order valence-corrected chi connectivity index (χ1v) is 6.59. The van der Waals surface area contributed by atoms with Gasteiger partial charge in [0.15, 0.2) is 0 Å². The van der Waals surface area contributed by atoms with Crippen molar-refractivity contribution in [1.29, 1.82) is 0 Å². The first-order chi connectivity index (χ1) is 9.52. The number of anilines is 2. The summed E-state index contributed by atoms with van der Waals surface area (Å²) in [7, 11) is 0. The van der Waals surface area contributed by atoms with Gasteiger partial charge in [0.2, 0.25) is 0 Å². The van der Waals surface area contributed by atoms with Crippen molar-refractivity contribution in [1.82, 2.24) is 4.98 Å². The van der Waals surface area contributed by atoms with Crippen molar-refractivity contribution < 1.29 is 9.90 Å². The summed E-state index contributed by atoms with van der Waals surface area (Å²) in [4.78, 5) is 15.3. The number of benzene rings is 1. The van der Waals surface area contributed by atoms with Gasteiger partial charge in [-0.25, -0.2) is 9.78 Å². The first-order valence-electron chi connectivity index (χ1n) is 6.59. The molecule has 0 fully saturated rings. The number of pyridine rings is 1. The van der Waals surface area contributed by atoms with E-state index in [4.69, 9.17) is 5.11 Å². The summed E-state index contributed by atoms with van der Waals surface area (Å²) >= 11 is 0. The molecule has 0 bridgehead atoms. The molecule has 2 N–H and O–H groups in total. The number of hydrogen-bond donors (Lipinski definition) is 2. The van der Waals surface area contributed by atoms with Crippen LogP contribution >= 0.6 is 0 Å².